The molecule has 4 nitrogen and oxygen atoms in total. The molecule has 1 fully saturated rings. The largest absolute Gasteiger partial charge is 0.382 e. The molecule has 1 unspecified atom stereocenters. The molecule has 1 saturated carbocycles. The fourth-order valence-corrected chi connectivity index (χ4v) is 2.38. The predicted molar refractivity (Wildman–Crippen MR) is 78.7 cm³/mol. The van der Waals surface area contributed by atoms with Gasteiger partial charge in [-0.2, -0.15) is 5.10 Å². The van der Waals surface area contributed by atoms with Crippen LogP contribution >= 0.6 is 11.6 Å². The maximum atomic E-state index is 12.0. The van der Waals surface area contributed by atoms with Gasteiger partial charge in [0.1, 0.15) is 5.02 Å². The van der Waals surface area contributed by atoms with Gasteiger partial charge < -0.3 is 5.32 Å². The zero-order valence-corrected chi connectivity index (χ0v) is 12.6. The highest BCUT2D eigenvalue weighted by Gasteiger charge is 2.27. The van der Waals surface area contributed by atoms with Gasteiger partial charge in [-0.15, -0.1) is 0 Å². The minimum Gasteiger partial charge on any atom is -0.382 e. The van der Waals surface area contributed by atoms with E-state index >= 15 is 0 Å². The van der Waals surface area contributed by atoms with Crippen molar-refractivity contribution in [2.24, 2.45) is 17.8 Å². The fourth-order valence-electron chi connectivity index (χ4n) is 2.17. The molecule has 1 aliphatic carbocycles. The quantitative estimate of drug-likeness (QED) is 0.873. The maximum Gasteiger partial charge on any atom is 0.287 e. The van der Waals surface area contributed by atoms with Crippen LogP contribution in [0.15, 0.2) is 11.0 Å². The topological polar surface area (TPSA) is 46.9 Å². The normalized spacial score (nSPS) is 16.7. The number of rotatable bonds is 6. The Kier molecular flexibility index (Phi) is 4.50. The molecule has 0 aliphatic heterocycles. The lowest BCUT2D eigenvalue weighted by molar-refractivity contribution is 0.464. The van der Waals surface area contributed by atoms with E-state index < -0.39 is 0 Å². The van der Waals surface area contributed by atoms with Crippen LogP contribution in [0.25, 0.3) is 0 Å². The lowest BCUT2D eigenvalue weighted by atomic mass is 10.1. The molecule has 1 heterocycles. The van der Waals surface area contributed by atoms with E-state index in [1.54, 1.807) is 6.20 Å². The van der Waals surface area contributed by atoms with Gasteiger partial charge in [-0.3, -0.25) is 4.79 Å². The summed E-state index contributed by atoms with van der Waals surface area (Å²) in [7, 11) is 0. The van der Waals surface area contributed by atoms with Gasteiger partial charge in [0.2, 0.25) is 0 Å². The Morgan fingerprint density at radius 2 is 2.16 bits per heavy atom. The van der Waals surface area contributed by atoms with Gasteiger partial charge in [-0.25, -0.2) is 4.68 Å². The number of hydrogen-bond acceptors (Lipinski definition) is 3. The highest BCUT2D eigenvalue weighted by molar-refractivity contribution is 6.32. The first-order valence-corrected chi connectivity index (χ1v) is 7.36. The number of anilines is 1. The van der Waals surface area contributed by atoms with Crippen LogP contribution in [0.1, 0.15) is 33.6 Å². The summed E-state index contributed by atoms with van der Waals surface area (Å²) in [5.41, 5.74) is 0.443. The second-order valence-electron chi connectivity index (χ2n) is 5.95. The SMILES string of the molecule is CC(C)Cn1ncc(NCC(C)C2CC2)c(Cl)c1=O. The van der Waals surface area contributed by atoms with Crippen LogP contribution in [-0.2, 0) is 6.54 Å². The smallest absolute Gasteiger partial charge is 0.287 e. The summed E-state index contributed by atoms with van der Waals surface area (Å²) in [4.78, 5) is 12.0. The molecule has 0 bridgehead atoms. The Labute approximate surface area is 119 Å². The molecular formula is C14H22ClN3O. The van der Waals surface area contributed by atoms with Crippen LogP contribution in [0, 0.1) is 17.8 Å². The van der Waals surface area contributed by atoms with Gasteiger partial charge in [0.15, 0.2) is 0 Å². The molecule has 0 spiro atoms. The average molecular weight is 284 g/mol. The maximum absolute atomic E-state index is 12.0. The molecule has 0 aromatic carbocycles. The molecular weight excluding hydrogens is 262 g/mol. The third kappa shape index (κ3) is 3.72. The average Bonchev–Trinajstić information content (AvgIpc) is 3.17. The Morgan fingerprint density at radius 1 is 1.47 bits per heavy atom. The Bertz CT molecular complexity index is 494. The van der Waals surface area contributed by atoms with Crippen LogP contribution < -0.4 is 10.9 Å². The lowest BCUT2D eigenvalue weighted by Gasteiger charge is -2.14. The number of halogens is 1. The van der Waals surface area contributed by atoms with Crippen LogP contribution in [0.5, 0.6) is 0 Å². The molecule has 5 heteroatoms. The predicted octanol–water partition coefficient (Wildman–Crippen LogP) is 3.01. The fraction of sp³-hybridized carbons (Fsp3) is 0.714. The molecule has 1 aliphatic rings. The molecule has 1 N–H and O–H groups in total. The molecule has 0 amide bonds. The van der Waals surface area contributed by atoms with Crippen molar-refractivity contribution in [2.75, 3.05) is 11.9 Å². The second-order valence-corrected chi connectivity index (χ2v) is 6.33. The van der Waals surface area contributed by atoms with Crippen molar-refractivity contribution in [3.8, 4) is 0 Å². The second kappa shape index (κ2) is 5.95. The van der Waals surface area contributed by atoms with Gasteiger partial charge in [-0.05, 0) is 30.6 Å². The summed E-state index contributed by atoms with van der Waals surface area (Å²) < 4.78 is 1.43. The number of hydrogen-bond donors (Lipinski definition) is 1. The van der Waals surface area contributed by atoms with Gasteiger partial charge in [0.05, 0.1) is 11.9 Å². The van der Waals surface area contributed by atoms with E-state index in [9.17, 15) is 4.79 Å². The number of nitrogens with zero attached hydrogens (tertiary/aromatic N) is 2. The van der Waals surface area contributed by atoms with Crippen molar-refractivity contribution in [3.63, 3.8) is 0 Å². The van der Waals surface area contributed by atoms with E-state index in [-0.39, 0.29) is 10.6 Å². The Hall–Kier alpha value is -1.03. The molecule has 19 heavy (non-hydrogen) atoms. The summed E-state index contributed by atoms with van der Waals surface area (Å²) >= 11 is 6.12. The van der Waals surface area contributed by atoms with Crippen molar-refractivity contribution in [2.45, 2.75) is 40.2 Å². The highest BCUT2D eigenvalue weighted by Crippen LogP contribution is 2.36. The van der Waals surface area contributed by atoms with Gasteiger partial charge in [0.25, 0.3) is 5.56 Å². The van der Waals surface area contributed by atoms with Crippen molar-refractivity contribution >= 4 is 17.3 Å². The van der Waals surface area contributed by atoms with E-state index in [0.29, 0.717) is 24.1 Å². The Morgan fingerprint density at radius 3 is 2.74 bits per heavy atom. The van der Waals surface area contributed by atoms with E-state index in [1.807, 2.05) is 13.8 Å². The molecule has 0 radical (unpaired) electrons. The van der Waals surface area contributed by atoms with Crippen molar-refractivity contribution in [1.29, 1.82) is 0 Å². The highest BCUT2D eigenvalue weighted by atomic mass is 35.5. The first-order chi connectivity index (χ1) is 8.99. The summed E-state index contributed by atoms with van der Waals surface area (Å²) in [6.07, 6.45) is 4.31. The molecule has 1 atom stereocenters. The van der Waals surface area contributed by atoms with Crippen molar-refractivity contribution in [3.05, 3.63) is 21.6 Å². The summed E-state index contributed by atoms with van der Waals surface area (Å²) in [5, 5.41) is 7.67. The Balaban J connectivity index is 2.05. The molecule has 2 rings (SSSR count). The number of nitrogens with one attached hydrogen (secondary N) is 1. The summed E-state index contributed by atoms with van der Waals surface area (Å²) in [6, 6.07) is 0. The van der Waals surface area contributed by atoms with E-state index in [2.05, 4.69) is 17.3 Å². The monoisotopic (exact) mass is 283 g/mol. The summed E-state index contributed by atoms with van der Waals surface area (Å²) in [5.74, 6) is 1.82. The molecule has 1 aromatic rings. The third-order valence-corrected chi connectivity index (χ3v) is 3.93. The van der Waals surface area contributed by atoms with Crippen LogP contribution in [0.2, 0.25) is 5.02 Å². The van der Waals surface area contributed by atoms with Gasteiger partial charge in [-0.1, -0.05) is 32.4 Å². The minimum absolute atomic E-state index is 0.209. The molecule has 1 aromatic heterocycles. The van der Waals surface area contributed by atoms with Crippen molar-refractivity contribution in [1.82, 2.24) is 9.78 Å². The first kappa shape index (κ1) is 14.4. The van der Waals surface area contributed by atoms with Gasteiger partial charge in [0, 0.05) is 13.1 Å². The van der Waals surface area contributed by atoms with Crippen LogP contribution in [-0.4, -0.2) is 16.3 Å². The lowest BCUT2D eigenvalue weighted by Crippen LogP contribution is -2.26. The van der Waals surface area contributed by atoms with E-state index in [4.69, 9.17) is 11.6 Å². The van der Waals surface area contributed by atoms with Crippen LogP contribution in [0.4, 0.5) is 5.69 Å². The standard InChI is InChI=1S/C14H22ClN3O/c1-9(2)8-18-14(19)13(15)12(7-17-18)16-6-10(3)11-4-5-11/h7,9-11,16H,4-6,8H2,1-3H3. The molecule has 0 saturated heterocycles. The minimum atomic E-state index is -0.209. The van der Waals surface area contributed by atoms with E-state index in [1.165, 1.54) is 17.5 Å². The van der Waals surface area contributed by atoms with Gasteiger partial charge >= 0.3 is 0 Å². The van der Waals surface area contributed by atoms with E-state index in [0.717, 1.165) is 12.5 Å². The molecule has 106 valence electrons. The summed E-state index contributed by atoms with van der Waals surface area (Å²) in [6.45, 7) is 7.76. The zero-order valence-electron chi connectivity index (χ0n) is 11.8. The number of aromatic nitrogens is 2. The van der Waals surface area contributed by atoms with Crippen LogP contribution in [0.3, 0.4) is 0 Å². The first-order valence-electron chi connectivity index (χ1n) is 6.98. The third-order valence-electron chi connectivity index (χ3n) is 3.56. The van der Waals surface area contributed by atoms with Crippen molar-refractivity contribution < 1.29 is 0 Å². The zero-order chi connectivity index (χ0) is 14.0.